The van der Waals surface area contributed by atoms with Gasteiger partial charge < -0.3 is 19.7 Å². The maximum atomic E-state index is 12.9. The van der Waals surface area contributed by atoms with Crippen LogP contribution in [0, 0.1) is 5.92 Å². The highest BCUT2D eigenvalue weighted by Gasteiger charge is 2.37. The lowest BCUT2D eigenvalue weighted by molar-refractivity contribution is -0.0498. The number of alkyl halides is 2. The minimum Gasteiger partial charge on any atom is -0.435 e. The topological polar surface area (TPSA) is 88.2 Å². The Morgan fingerprint density at radius 1 is 1.17 bits per heavy atom. The predicted octanol–water partition coefficient (Wildman–Crippen LogP) is 1.65. The second-order valence-corrected chi connectivity index (χ2v) is 9.54. The lowest BCUT2D eigenvalue weighted by Gasteiger charge is -2.23. The van der Waals surface area contributed by atoms with E-state index in [1.807, 2.05) is 0 Å². The molecule has 0 aliphatic carbocycles. The quantitative estimate of drug-likeness (QED) is 0.676. The average molecular weight is 443 g/mol. The molecule has 4 rings (SSSR count). The van der Waals surface area contributed by atoms with E-state index >= 15 is 0 Å². The Balaban J connectivity index is 1.31. The summed E-state index contributed by atoms with van der Waals surface area (Å²) in [6, 6.07) is 4.77. The van der Waals surface area contributed by atoms with E-state index in [1.165, 1.54) is 28.6 Å². The van der Waals surface area contributed by atoms with E-state index in [4.69, 9.17) is 4.74 Å². The van der Waals surface area contributed by atoms with Gasteiger partial charge in [-0.15, -0.1) is 0 Å². The fourth-order valence-electron chi connectivity index (χ4n) is 3.89. The van der Waals surface area contributed by atoms with Crippen molar-refractivity contribution in [3.63, 3.8) is 0 Å². The van der Waals surface area contributed by atoms with Gasteiger partial charge >= 0.3 is 12.6 Å². The number of ether oxygens (including phenoxy) is 2. The van der Waals surface area contributed by atoms with Crippen molar-refractivity contribution in [2.75, 3.05) is 45.9 Å². The van der Waals surface area contributed by atoms with Crippen LogP contribution in [0.1, 0.15) is 6.42 Å². The largest absolute Gasteiger partial charge is 0.435 e. The fourth-order valence-corrected chi connectivity index (χ4v) is 5.32. The van der Waals surface area contributed by atoms with Crippen molar-refractivity contribution in [1.29, 1.82) is 0 Å². The molecule has 11 heteroatoms. The van der Waals surface area contributed by atoms with Crippen molar-refractivity contribution in [3.8, 4) is 5.75 Å². The number of hydrogen-bond donors (Lipinski definition) is 1. The van der Waals surface area contributed by atoms with E-state index in [0.29, 0.717) is 32.2 Å². The van der Waals surface area contributed by atoms with Gasteiger partial charge in [0.25, 0.3) is 0 Å². The Morgan fingerprint density at radius 2 is 1.83 bits per heavy atom. The maximum absolute atomic E-state index is 12.9. The van der Waals surface area contributed by atoms with Gasteiger partial charge in [-0.1, -0.05) is 0 Å². The highest BCUT2D eigenvalue weighted by Crippen LogP contribution is 2.30. The number of amides is 2. The zero-order valence-electron chi connectivity index (χ0n) is 16.2. The van der Waals surface area contributed by atoms with Crippen LogP contribution in [0.3, 0.4) is 0 Å². The van der Waals surface area contributed by atoms with Crippen LogP contribution in [-0.2, 0) is 14.8 Å². The summed E-state index contributed by atoms with van der Waals surface area (Å²) in [5, 5.41) is 2.93. The molecule has 1 unspecified atom stereocenters. The van der Waals surface area contributed by atoms with E-state index in [-0.39, 0.29) is 29.8 Å². The van der Waals surface area contributed by atoms with Crippen LogP contribution in [-0.4, -0.2) is 76.2 Å². The number of benzene rings is 1. The molecule has 0 aromatic heterocycles. The number of sulfonamides is 1. The van der Waals surface area contributed by atoms with Crippen LogP contribution in [0.5, 0.6) is 5.75 Å². The second-order valence-electron chi connectivity index (χ2n) is 7.60. The first kappa shape index (κ1) is 21.0. The molecule has 1 aromatic carbocycles. The van der Waals surface area contributed by atoms with Crippen molar-refractivity contribution in [3.05, 3.63) is 35.4 Å². The van der Waals surface area contributed by atoms with Gasteiger partial charge in [0.15, 0.2) is 0 Å². The van der Waals surface area contributed by atoms with Crippen LogP contribution in [0.15, 0.2) is 40.3 Å². The summed E-state index contributed by atoms with van der Waals surface area (Å²) >= 11 is 0. The first-order chi connectivity index (χ1) is 14.3. The van der Waals surface area contributed by atoms with Crippen LogP contribution >= 0.6 is 0 Å². The first-order valence-corrected chi connectivity index (χ1v) is 11.1. The summed E-state index contributed by atoms with van der Waals surface area (Å²) in [5.74, 6) is 0.242. The third-order valence-electron chi connectivity index (χ3n) is 5.54. The molecule has 0 bridgehead atoms. The molecule has 30 heavy (non-hydrogen) atoms. The van der Waals surface area contributed by atoms with Crippen molar-refractivity contribution >= 4 is 16.1 Å². The zero-order chi connectivity index (χ0) is 21.3. The van der Waals surface area contributed by atoms with Gasteiger partial charge in [-0.3, -0.25) is 0 Å². The lowest BCUT2D eigenvalue weighted by atomic mass is 10.1. The maximum Gasteiger partial charge on any atom is 0.387 e. The molecule has 1 N–H and O–H groups in total. The van der Waals surface area contributed by atoms with Gasteiger partial charge in [0.2, 0.25) is 10.0 Å². The number of hydrogen-bond acceptors (Lipinski definition) is 5. The van der Waals surface area contributed by atoms with Crippen LogP contribution < -0.4 is 10.1 Å². The molecule has 1 atom stereocenters. The average Bonchev–Trinajstić information content (AvgIpc) is 3.42. The number of rotatable bonds is 6. The van der Waals surface area contributed by atoms with Crippen molar-refractivity contribution in [1.82, 2.24) is 14.5 Å². The Labute approximate surface area is 173 Å². The number of nitrogens with zero attached hydrogens (tertiary/aromatic N) is 2. The van der Waals surface area contributed by atoms with E-state index in [1.54, 1.807) is 4.90 Å². The molecule has 8 nitrogen and oxygen atoms in total. The summed E-state index contributed by atoms with van der Waals surface area (Å²) in [5.41, 5.74) is 1.85. The first-order valence-electron chi connectivity index (χ1n) is 9.68. The standard InChI is InChI=1S/C19H23F2N3O5S/c20-18(21)29-16-1-3-17(4-2-16)30(26,27)24-10-14-8-23(9-15(14)11-24)19(25)22-7-13-5-6-28-12-13/h1-4,13,18H,5-12H2,(H,22,25). The third kappa shape index (κ3) is 4.42. The summed E-state index contributed by atoms with van der Waals surface area (Å²) in [6.45, 7) is 0.227. The van der Waals surface area contributed by atoms with E-state index in [0.717, 1.165) is 24.2 Å². The normalized spacial score (nSPS) is 22.1. The molecule has 0 spiro atoms. The number of carbonyl (C=O) groups is 1. The number of carbonyl (C=O) groups excluding carboxylic acids is 1. The number of halogens is 2. The van der Waals surface area contributed by atoms with Gasteiger partial charge in [0, 0.05) is 45.2 Å². The van der Waals surface area contributed by atoms with Gasteiger partial charge in [-0.05, 0) is 41.8 Å². The van der Waals surface area contributed by atoms with Crippen molar-refractivity contribution in [2.45, 2.75) is 17.9 Å². The SMILES string of the molecule is O=C(NCC1CCOC1)N1CC2=C(C1)CN(S(=O)(=O)c1ccc(OC(F)F)cc1)C2. The molecule has 2 amide bonds. The monoisotopic (exact) mass is 443 g/mol. The summed E-state index contributed by atoms with van der Waals surface area (Å²) in [4.78, 5) is 14.1. The molecule has 3 heterocycles. The fraction of sp³-hybridized carbons (Fsp3) is 0.526. The van der Waals surface area contributed by atoms with Crippen LogP contribution in [0.4, 0.5) is 13.6 Å². The van der Waals surface area contributed by atoms with Crippen LogP contribution in [0.2, 0.25) is 0 Å². The zero-order valence-corrected chi connectivity index (χ0v) is 17.0. The Morgan fingerprint density at radius 3 is 2.40 bits per heavy atom. The third-order valence-corrected chi connectivity index (χ3v) is 7.34. The van der Waals surface area contributed by atoms with Gasteiger partial charge in [0.05, 0.1) is 11.5 Å². The van der Waals surface area contributed by atoms with Crippen molar-refractivity contribution in [2.24, 2.45) is 5.92 Å². The van der Waals surface area contributed by atoms with Crippen LogP contribution in [0.25, 0.3) is 0 Å². The molecule has 3 aliphatic rings. The molecular formula is C19H23F2N3O5S. The molecule has 0 saturated carbocycles. The Bertz CT molecular complexity index is 912. The molecule has 0 radical (unpaired) electrons. The summed E-state index contributed by atoms with van der Waals surface area (Å²) in [7, 11) is -3.77. The molecular weight excluding hydrogens is 420 g/mol. The Hall–Kier alpha value is -2.24. The van der Waals surface area contributed by atoms with E-state index < -0.39 is 16.6 Å². The molecule has 164 valence electrons. The number of nitrogens with one attached hydrogen (secondary N) is 1. The molecule has 1 saturated heterocycles. The smallest absolute Gasteiger partial charge is 0.387 e. The van der Waals surface area contributed by atoms with Gasteiger partial charge in [-0.25, -0.2) is 13.2 Å². The second kappa shape index (κ2) is 8.48. The number of urea groups is 1. The van der Waals surface area contributed by atoms with Crippen molar-refractivity contribution < 1.29 is 31.5 Å². The molecule has 1 aromatic rings. The lowest BCUT2D eigenvalue weighted by Crippen LogP contribution is -2.43. The summed E-state index contributed by atoms with van der Waals surface area (Å²) < 4.78 is 61.1. The predicted molar refractivity (Wildman–Crippen MR) is 103 cm³/mol. The summed E-state index contributed by atoms with van der Waals surface area (Å²) in [6.07, 6.45) is 0.942. The highest BCUT2D eigenvalue weighted by molar-refractivity contribution is 7.89. The van der Waals surface area contributed by atoms with Gasteiger partial charge in [-0.2, -0.15) is 13.1 Å². The minimum atomic E-state index is -3.77. The molecule has 1 fully saturated rings. The van der Waals surface area contributed by atoms with E-state index in [2.05, 4.69) is 10.1 Å². The minimum absolute atomic E-state index is 0.0127. The van der Waals surface area contributed by atoms with E-state index in [9.17, 15) is 22.0 Å². The van der Waals surface area contributed by atoms with Gasteiger partial charge in [0.1, 0.15) is 5.75 Å². The Kier molecular flexibility index (Phi) is 5.94. The molecule has 3 aliphatic heterocycles. The highest BCUT2D eigenvalue weighted by atomic mass is 32.2.